The predicted molar refractivity (Wildman–Crippen MR) is 54.9 cm³/mol. The number of hydrogen-bond acceptors (Lipinski definition) is 7. The third kappa shape index (κ3) is 2.02. The van der Waals surface area contributed by atoms with E-state index < -0.39 is 49.1 Å². The number of aliphatic hydroxyl groups is 4. The first-order valence-electron chi connectivity index (χ1n) is 5.62. The largest absolute Gasteiger partial charge is 0.394 e. The second-order valence-electron chi connectivity index (χ2n) is 4.38. The van der Waals surface area contributed by atoms with Crippen molar-refractivity contribution in [2.24, 2.45) is 0 Å². The van der Waals surface area contributed by atoms with Crippen molar-refractivity contribution < 1.29 is 34.8 Å². The third-order valence-electron chi connectivity index (χ3n) is 3.26. The Labute approximate surface area is 102 Å². The van der Waals surface area contributed by atoms with Gasteiger partial charge in [0.05, 0.1) is 6.61 Å². The Balaban J connectivity index is 2.22. The van der Waals surface area contributed by atoms with Gasteiger partial charge in [-0.05, 0) is 0 Å². The van der Waals surface area contributed by atoms with Crippen LogP contribution in [-0.4, -0.2) is 74.4 Å². The van der Waals surface area contributed by atoms with Crippen LogP contribution in [0.1, 0.15) is 12.8 Å². The van der Waals surface area contributed by atoms with Crippen molar-refractivity contribution in [1.29, 1.82) is 0 Å². The fourth-order valence-electron chi connectivity index (χ4n) is 2.29. The maximum atomic E-state index is 11.5. The zero-order chi connectivity index (χ0) is 13.4. The summed E-state index contributed by atoms with van der Waals surface area (Å²) in [6.45, 7) is -0.593. The van der Waals surface area contributed by atoms with Crippen LogP contribution in [0.5, 0.6) is 0 Å². The Morgan fingerprint density at radius 1 is 1.11 bits per heavy atom. The molecule has 2 amide bonds. The maximum Gasteiger partial charge on any atom is 0.230 e. The number of carbonyl (C=O) groups is 2. The Morgan fingerprint density at radius 2 is 1.67 bits per heavy atom. The van der Waals surface area contributed by atoms with Gasteiger partial charge in [-0.3, -0.25) is 14.5 Å². The Hall–Kier alpha value is -1.06. The lowest BCUT2D eigenvalue weighted by Gasteiger charge is -2.43. The van der Waals surface area contributed by atoms with Crippen LogP contribution in [0.3, 0.4) is 0 Å². The lowest BCUT2D eigenvalue weighted by molar-refractivity contribution is -0.267. The van der Waals surface area contributed by atoms with E-state index in [2.05, 4.69) is 0 Å². The van der Waals surface area contributed by atoms with E-state index in [1.165, 1.54) is 0 Å². The molecule has 2 heterocycles. The zero-order valence-corrected chi connectivity index (χ0v) is 9.47. The topological polar surface area (TPSA) is 128 Å². The van der Waals surface area contributed by atoms with E-state index in [9.17, 15) is 24.9 Å². The molecule has 0 bridgehead atoms. The molecule has 0 aromatic rings. The normalized spacial score (nSPS) is 41.6. The highest BCUT2D eigenvalue weighted by Gasteiger charge is 2.50. The first kappa shape index (κ1) is 13.4. The van der Waals surface area contributed by atoms with Crippen LogP contribution in [0.2, 0.25) is 0 Å². The summed E-state index contributed by atoms with van der Waals surface area (Å²) < 4.78 is 4.89. The smallest absolute Gasteiger partial charge is 0.230 e. The molecule has 5 atom stereocenters. The molecule has 0 aromatic carbocycles. The Morgan fingerprint density at radius 3 is 2.17 bits per heavy atom. The van der Waals surface area contributed by atoms with E-state index in [0.717, 1.165) is 4.90 Å². The number of nitrogens with zero attached hydrogens (tertiary/aromatic N) is 1. The monoisotopic (exact) mass is 261 g/mol. The average molecular weight is 261 g/mol. The van der Waals surface area contributed by atoms with Crippen LogP contribution in [-0.2, 0) is 14.3 Å². The number of ether oxygens (including phenoxy) is 1. The molecule has 0 radical (unpaired) electrons. The van der Waals surface area contributed by atoms with E-state index in [-0.39, 0.29) is 12.8 Å². The second-order valence-corrected chi connectivity index (χ2v) is 4.38. The van der Waals surface area contributed by atoms with Crippen LogP contribution in [0.4, 0.5) is 0 Å². The molecule has 8 nitrogen and oxygen atoms in total. The van der Waals surface area contributed by atoms with Gasteiger partial charge in [0, 0.05) is 12.8 Å². The van der Waals surface area contributed by atoms with E-state index >= 15 is 0 Å². The molecule has 0 saturated carbocycles. The van der Waals surface area contributed by atoms with Crippen molar-refractivity contribution in [2.45, 2.75) is 43.5 Å². The first-order chi connectivity index (χ1) is 8.47. The summed E-state index contributed by atoms with van der Waals surface area (Å²) in [6.07, 6.45) is -5.81. The van der Waals surface area contributed by atoms with Crippen molar-refractivity contribution in [3.05, 3.63) is 0 Å². The highest BCUT2D eigenvalue weighted by atomic mass is 16.6. The summed E-state index contributed by atoms with van der Waals surface area (Å²) in [4.78, 5) is 23.8. The summed E-state index contributed by atoms with van der Waals surface area (Å²) in [5, 5.41) is 38.1. The summed E-state index contributed by atoms with van der Waals surface area (Å²) in [5.74, 6) is -1.05. The van der Waals surface area contributed by atoms with Crippen molar-refractivity contribution >= 4 is 11.8 Å². The van der Waals surface area contributed by atoms with Gasteiger partial charge in [-0.1, -0.05) is 0 Å². The van der Waals surface area contributed by atoms with Gasteiger partial charge in [0.1, 0.15) is 24.4 Å². The first-order valence-corrected chi connectivity index (χ1v) is 5.62. The number of amides is 2. The lowest BCUT2D eigenvalue weighted by Crippen LogP contribution is -2.65. The standard InChI is InChI=1S/C10H15NO7/c12-3-4-8(15)9(16)7(10(17)18-4)11-5(13)1-2-6(11)14/h4,7-10,12,15-17H,1-3H2/t4-,7-,8-,9-,10-/m1/s1. The summed E-state index contributed by atoms with van der Waals surface area (Å²) >= 11 is 0. The fourth-order valence-corrected chi connectivity index (χ4v) is 2.29. The van der Waals surface area contributed by atoms with Crippen LogP contribution >= 0.6 is 0 Å². The van der Waals surface area contributed by atoms with E-state index in [4.69, 9.17) is 9.84 Å². The molecule has 0 aliphatic carbocycles. The molecule has 0 unspecified atom stereocenters. The Kier molecular flexibility index (Phi) is 3.64. The number of imide groups is 1. The summed E-state index contributed by atoms with van der Waals surface area (Å²) in [5.41, 5.74) is 0. The van der Waals surface area contributed by atoms with E-state index in [1.54, 1.807) is 0 Å². The zero-order valence-electron chi connectivity index (χ0n) is 9.47. The number of likely N-dealkylation sites (tertiary alicyclic amines) is 1. The molecular formula is C10H15NO7. The summed E-state index contributed by atoms with van der Waals surface area (Å²) in [6, 6.07) is -1.34. The molecule has 2 aliphatic rings. The van der Waals surface area contributed by atoms with Gasteiger partial charge in [-0.15, -0.1) is 0 Å². The van der Waals surface area contributed by atoms with Crippen LogP contribution < -0.4 is 0 Å². The third-order valence-corrected chi connectivity index (χ3v) is 3.26. The van der Waals surface area contributed by atoms with Crippen LogP contribution in [0.15, 0.2) is 0 Å². The van der Waals surface area contributed by atoms with Crippen LogP contribution in [0.25, 0.3) is 0 Å². The van der Waals surface area contributed by atoms with Gasteiger partial charge in [0.25, 0.3) is 0 Å². The fraction of sp³-hybridized carbons (Fsp3) is 0.800. The van der Waals surface area contributed by atoms with Crippen LogP contribution in [0, 0.1) is 0 Å². The van der Waals surface area contributed by atoms with Gasteiger partial charge in [-0.25, -0.2) is 0 Å². The molecular weight excluding hydrogens is 246 g/mol. The maximum absolute atomic E-state index is 11.5. The van der Waals surface area contributed by atoms with Crippen molar-refractivity contribution in [3.63, 3.8) is 0 Å². The van der Waals surface area contributed by atoms with E-state index in [0.29, 0.717) is 0 Å². The van der Waals surface area contributed by atoms with Crippen molar-refractivity contribution in [3.8, 4) is 0 Å². The van der Waals surface area contributed by atoms with E-state index in [1.807, 2.05) is 0 Å². The summed E-state index contributed by atoms with van der Waals surface area (Å²) in [7, 11) is 0. The molecule has 8 heteroatoms. The molecule has 2 saturated heterocycles. The molecule has 0 spiro atoms. The van der Waals surface area contributed by atoms with Crippen molar-refractivity contribution in [2.75, 3.05) is 6.61 Å². The van der Waals surface area contributed by atoms with Crippen molar-refractivity contribution in [1.82, 2.24) is 4.90 Å². The number of carbonyl (C=O) groups excluding carboxylic acids is 2. The molecule has 2 rings (SSSR count). The Bertz CT molecular complexity index is 344. The van der Waals surface area contributed by atoms with Gasteiger partial charge in [-0.2, -0.15) is 0 Å². The minimum absolute atomic E-state index is 0.00823. The lowest BCUT2D eigenvalue weighted by atomic mass is 9.96. The molecule has 102 valence electrons. The average Bonchev–Trinajstić information content (AvgIpc) is 2.65. The highest BCUT2D eigenvalue weighted by molar-refractivity contribution is 6.02. The minimum atomic E-state index is -1.63. The predicted octanol–water partition coefficient (Wildman–Crippen LogP) is -3.06. The molecule has 2 aliphatic heterocycles. The highest BCUT2D eigenvalue weighted by Crippen LogP contribution is 2.27. The molecule has 18 heavy (non-hydrogen) atoms. The van der Waals surface area contributed by atoms with Gasteiger partial charge >= 0.3 is 0 Å². The SMILES string of the molecule is O=C1CCC(=O)N1[C@@H]1[C@@H](O)[C@H](O)[C@@H](CO)O[C@H]1O. The molecule has 0 aromatic heterocycles. The molecule has 4 N–H and O–H groups in total. The minimum Gasteiger partial charge on any atom is -0.394 e. The number of rotatable bonds is 2. The van der Waals surface area contributed by atoms with Gasteiger partial charge in [0.15, 0.2) is 6.29 Å². The number of aliphatic hydroxyl groups excluding tert-OH is 4. The van der Waals surface area contributed by atoms with Gasteiger partial charge < -0.3 is 25.2 Å². The molecule has 2 fully saturated rings. The number of hydrogen-bond donors (Lipinski definition) is 4. The second kappa shape index (κ2) is 4.90. The quantitative estimate of drug-likeness (QED) is 0.388. The van der Waals surface area contributed by atoms with Gasteiger partial charge in [0.2, 0.25) is 11.8 Å².